The van der Waals surface area contributed by atoms with Gasteiger partial charge in [-0.25, -0.2) is 9.37 Å². The molecule has 0 aromatic heterocycles. The van der Waals surface area contributed by atoms with E-state index in [9.17, 15) is 9.59 Å². The Balaban J connectivity index is 1.40. The van der Waals surface area contributed by atoms with Crippen molar-refractivity contribution in [2.75, 3.05) is 58.3 Å². The third-order valence-corrected chi connectivity index (χ3v) is 7.72. The Morgan fingerprint density at radius 2 is 1.50 bits per heavy atom. The average molecular weight is 496 g/mol. The van der Waals surface area contributed by atoms with Gasteiger partial charge in [0.25, 0.3) is 17.8 Å². The number of amides is 3. The minimum Gasteiger partial charge on any atom is -0.369 e. The van der Waals surface area contributed by atoms with Crippen LogP contribution in [0.3, 0.4) is 0 Å². The van der Waals surface area contributed by atoms with Crippen LogP contribution in [0.15, 0.2) is 35.3 Å². The van der Waals surface area contributed by atoms with Crippen molar-refractivity contribution in [1.29, 1.82) is 0 Å². The molecule has 0 aliphatic carbocycles. The first-order valence-electron chi connectivity index (χ1n) is 13.8. The lowest BCUT2D eigenvalue weighted by Gasteiger charge is -2.35. The first-order valence-corrected chi connectivity index (χ1v) is 13.8. The van der Waals surface area contributed by atoms with Crippen LogP contribution in [-0.2, 0) is 4.79 Å². The van der Waals surface area contributed by atoms with Crippen molar-refractivity contribution >= 4 is 29.3 Å². The molecule has 1 aromatic carbocycles. The third kappa shape index (κ3) is 5.97. The number of imide groups is 1. The maximum absolute atomic E-state index is 13.2. The molecule has 8 nitrogen and oxygen atoms in total. The monoisotopic (exact) mass is 495 g/mol. The molecule has 2 fully saturated rings. The van der Waals surface area contributed by atoms with Gasteiger partial charge in [-0.3, -0.25) is 19.5 Å². The van der Waals surface area contributed by atoms with Crippen LogP contribution in [0.1, 0.15) is 58.3 Å². The molecule has 0 N–H and O–H groups in total. The molecule has 196 valence electrons. The second-order valence-corrected chi connectivity index (χ2v) is 10.3. The lowest BCUT2D eigenvalue weighted by molar-refractivity contribution is -0.537. The van der Waals surface area contributed by atoms with Gasteiger partial charge in [0.2, 0.25) is 0 Å². The molecule has 0 bridgehead atoms. The Morgan fingerprint density at radius 1 is 0.861 bits per heavy atom. The van der Waals surface area contributed by atoms with Crippen LogP contribution in [0.4, 0.5) is 10.5 Å². The highest BCUT2D eigenvalue weighted by molar-refractivity contribution is 6.23. The van der Waals surface area contributed by atoms with Crippen LogP contribution in [0.5, 0.6) is 0 Å². The average Bonchev–Trinajstić information content (AvgIpc) is 3.26. The zero-order valence-electron chi connectivity index (χ0n) is 22.4. The Morgan fingerprint density at radius 3 is 2.17 bits per heavy atom. The number of urea groups is 1. The lowest BCUT2D eigenvalue weighted by atomic mass is 10.1. The van der Waals surface area contributed by atoms with Crippen molar-refractivity contribution in [2.24, 2.45) is 4.99 Å². The largest absolute Gasteiger partial charge is 0.369 e. The summed E-state index contributed by atoms with van der Waals surface area (Å²) in [5.74, 6) is 1.34. The van der Waals surface area contributed by atoms with E-state index < -0.39 is 6.04 Å². The summed E-state index contributed by atoms with van der Waals surface area (Å²) in [6, 6.07) is 9.77. The number of benzene rings is 1. The topological polar surface area (TPSA) is 62.5 Å². The zero-order chi connectivity index (χ0) is 25.5. The minimum atomic E-state index is -0.483. The molecular weight excluding hydrogens is 452 g/mol. The summed E-state index contributed by atoms with van der Waals surface area (Å²) in [5, 5.41) is 0. The van der Waals surface area contributed by atoms with Crippen molar-refractivity contribution < 1.29 is 14.2 Å². The van der Waals surface area contributed by atoms with Gasteiger partial charge in [0.1, 0.15) is 6.54 Å². The van der Waals surface area contributed by atoms with Gasteiger partial charge in [0.15, 0.2) is 0 Å². The van der Waals surface area contributed by atoms with E-state index in [1.54, 1.807) is 19.0 Å². The number of piperazine rings is 1. The first-order chi connectivity index (χ1) is 17.5. The van der Waals surface area contributed by atoms with Crippen LogP contribution in [0.25, 0.3) is 0 Å². The van der Waals surface area contributed by atoms with E-state index in [0.29, 0.717) is 12.4 Å². The number of para-hydroxylation sites is 1. The van der Waals surface area contributed by atoms with E-state index >= 15 is 0 Å². The van der Waals surface area contributed by atoms with Crippen LogP contribution >= 0.6 is 0 Å². The number of hydrogen-bond acceptors (Lipinski definition) is 5. The quantitative estimate of drug-likeness (QED) is 0.328. The van der Waals surface area contributed by atoms with Gasteiger partial charge in [-0.2, -0.15) is 0 Å². The number of nitrogens with zero attached hydrogens (tertiary/aromatic N) is 6. The van der Waals surface area contributed by atoms with Crippen LogP contribution in [0, 0.1) is 0 Å². The number of fused-ring (bicyclic) bond motifs is 1. The van der Waals surface area contributed by atoms with E-state index in [2.05, 4.69) is 51.6 Å². The van der Waals surface area contributed by atoms with E-state index in [-0.39, 0.29) is 11.9 Å². The number of aliphatic imine (C=N–C) groups is 1. The molecule has 36 heavy (non-hydrogen) atoms. The van der Waals surface area contributed by atoms with E-state index in [4.69, 9.17) is 4.99 Å². The van der Waals surface area contributed by atoms with Crippen molar-refractivity contribution in [3.8, 4) is 0 Å². The van der Waals surface area contributed by atoms with Crippen molar-refractivity contribution in [2.45, 2.75) is 64.3 Å². The normalized spacial score (nSPS) is 20.9. The Hall–Kier alpha value is -2.74. The zero-order valence-corrected chi connectivity index (χ0v) is 22.4. The van der Waals surface area contributed by atoms with Gasteiger partial charge < -0.3 is 4.90 Å². The van der Waals surface area contributed by atoms with Crippen LogP contribution in [-0.4, -0.2) is 102 Å². The van der Waals surface area contributed by atoms with Crippen molar-refractivity contribution in [3.05, 3.63) is 30.3 Å². The van der Waals surface area contributed by atoms with Gasteiger partial charge in [-0.05, 0) is 30.0 Å². The Kier molecular flexibility index (Phi) is 9.13. The van der Waals surface area contributed by atoms with Gasteiger partial charge in [0.05, 0.1) is 6.54 Å². The maximum Gasteiger partial charge on any atom is 0.333 e. The van der Waals surface area contributed by atoms with E-state index in [0.717, 1.165) is 51.4 Å². The Labute approximate surface area is 216 Å². The second-order valence-electron chi connectivity index (χ2n) is 10.3. The summed E-state index contributed by atoms with van der Waals surface area (Å²) in [5.41, 5.74) is 1.27. The number of hydrogen-bond donors (Lipinski definition) is 0. The molecule has 4 rings (SSSR count). The molecular formula is C28H43N6O2+. The van der Waals surface area contributed by atoms with Gasteiger partial charge in [-0.15, -0.1) is 0 Å². The smallest absolute Gasteiger partial charge is 0.333 e. The summed E-state index contributed by atoms with van der Waals surface area (Å²) in [4.78, 5) is 38.3. The third-order valence-electron chi connectivity index (χ3n) is 7.72. The number of amidine groups is 2. The molecule has 1 aromatic rings. The summed E-state index contributed by atoms with van der Waals surface area (Å²) in [6.45, 7) is 7.58. The molecule has 3 aliphatic rings. The highest BCUT2D eigenvalue weighted by Gasteiger charge is 2.52. The van der Waals surface area contributed by atoms with Crippen LogP contribution in [0.2, 0.25) is 0 Å². The van der Waals surface area contributed by atoms with Crippen LogP contribution < -0.4 is 4.90 Å². The lowest BCUT2D eigenvalue weighted by Crippen LogP contribution is -2.61. The second kappa shape index (κ2) is 12.5. The van der Waals surface area contributed by atoms with E-state index in [1.807, 2.05) is 0 Å². The molecule has 3 aliphatic heterocycles. The molecule has 3 heterocycles. The fourth-order valence-corrected chi connectivity index (χ4v) is 5.45. The highest BCUT2D eigenvalue weighted by atomic mass is 16.2. The molecule has 3 amide bonds. The van der Waals surface area contributed by atoms with Gasteiger partial charge >= 0.3 is 11.9 Å². The SMILES string of the molecule is CCCCCCCCCC[N+]1=C(CN2CCN(c3ccccc3)CC2)N=C2C1C(=O)N(C)C(=O)N2C. The molecule has 8 heteroatoms. The summed E-state index contributed by atoms with van der Waals surface area (Å²) < 4.78 is 2.18. The fraction of sp³-hybridized carbons (Fsp3) is 0.643. The number of carbonyl (C=O) groups is 2. The summed E-state index contributed by atoms with van der Waals surface area (Å²) >= 11 is 0. The summed E-state index contributed by atoms with van der Waals surface area (Å²) in [6.07, 6.45) is 9.97. The van der Waals surface area contributed by atoms with Gasteiger partial charge in [0, 0.05) is 46.0 Å². The fourth-order valence-electron chi connectivity index (χ4n) is 5.45. The number of unbranched alkanes of at least 4 members (excludes halogenated alkanes) is 7. The van der Waals surface area contributed by atoms with Crippen molar-refractivity contribution in [1.82, 2.24) is 14.7 Å². The summed E-state index contributed by atoms with van der Waals surface area (Å²) in [7, 11) is 3.31. The van der Waals surface area contributed by atoms with E-state index in [1.165, 1.54) is 49.1 Å². The molecule has 1 atom stereocenters. The highest BCUT2D eigenvalue weighted by Crippen LogP contribution is 2.21. The number of anilines is 1. The standard InChI is InChI=1S/C28H43N6O2/c1-4-5-6-7-8-9-10-14-17-34-24(29-26-25(34)27(35)31(3)28(36)30(26)2)22-32-18-20-33(21-19-32)23-15-12-11-13-16-23/h11-13,15-16,25H,4-10,14,17-22H2,1-3H3/q+1. The first kappa shape index (κ1) is 26.3. The molecule has 0 saturated carbocycles. The number of rotatable bonds is 12. The minimum absolute atomic E-state index is 0.166. The predicted octanol–water partition coefficient (Wildman–Crippen LogP) is 3.66. The Bertz CT molecular complexity index is 968. The number of carbonyl (C=O) groups excluding carboxylic acids is 2. The predicted molar refractivity (Wildman–Crippen MR) is 145 cm³/mol. The molecule has 0 radical (unpaired) electrons. The number of likely N-dealkylation sites (N-methyl/N-ethyl adjacent to an activating group) is 2. The molecule has 0 spiro atoms. The maximum atomic E-state index is 13.2. The molecule has 1 unspecified atom stereocenters. The van der Waals surface area contributed by atoms with Crippen molar-refractivity contribution in [3.63, 3.8) is 0 Å². The molecule has 2 saturated heterocycles. The van der Waals surface area contributed by atoms with Gasteiger partial charge in [-0.1, -0.05) is 63.6 Å².